The second-order valence-corrected chi connectivity index (χ2v) is 7.59. The summed E-state index contributed by atoms with van der Waals surface area (Å²) in [6.07, 6.45) is 7.36. The van der Waals surface area contributed by atoms with Gasteiger partial charge in [0.1, 0.15) is 23.8 Å². The van der Waals surface area contributed by atoms with Crippen molar-refractivity contribution in [2.45, 2.75) is 13.1 Å². The summed E-state index contributed by atoms with van der Waals surface area (Å²) in [6.45, 7) is 5.61. The number of pyridine rings is 1. The molecule has 0 atom stereocenters. The van der Waals surface area contributed by atoms with Gasteiger partial charge in [0.2, 0.25) is 0 Å². The van der Waals surface area contributed by atoms with E-state index in [2.05, 4.69) is 35.8 Å². The van der Waals surface area contributed by atoms with E-state index in [-0.39, 0.29) is 0 Å². The first-order chi connectivity index (χ1) is 14.7. The van der Waals surface area contributed by atoms with Crippen molar-refractivity contribution in [2.24, 2.45) is 0 Å². The predicted molar refractivity (Wildman–Crippen MR) is 116 cm³/mol. The van der Waals surface area contributed by atoms with Crippen molar-refractivity contribution in [3.63, 3.8) is 0 Å². The summed E-state index contributed by atoms with van der Waals surface area (Å²) in [5, 5.41) is 0.915. The van der Waals surface area contributed by atoms with Crippen LogP contribution in [0.3, 0.4) is 0 Å². The van der Waals surface area contributed by atoms with Crippen LogP contribution in [0.1, 0.15) is 11.4 Å². The number of nitrogen functional groups attached to an aromatic ring is 1. The molecule has 1 fully saturated rings. The van der Waals surface area contributed by atoms with Crippen molar-refractivity contribution >= 4 is 16.7 Å². The normalized spacial score (nSPS) is 15.6. The molecule has 0 amide bonds. The van der Waals surface area contributed by atoms with Gasteiger partial charge < -0.3 is 5.73 Å². The number of piperazine rings is 1. The van der Waals surface area contributed by atoms with E-state index in [0.717, 1.165) is 61.8 Å². The van der Waals surface area contributed by atoms with Crippen LogP contribution < -0.4 is 5.73 Å². The molecule has 3 aromatic heterocycles. The Kier molecular flexibility index (Phi) is 5.08. The highest BCUT2D eigenvalue weighted by Crippen LogP contribution is 2.18. The Morgan fingerprint density at radius 3 is 2.43 bits per heavy atom. The van der Waals surface area contributed by atoms with Gasteiger partial charge >= 0.3 is 0 Å². The fourth-order valence-corrected chi connectivity index (χ4v) is 3.84. The first-order valence-electron chi connectivity index (χ1n) is 10.1. The van der Waals surface area contributed by atoms with Crippen molar-refractivity contribution in [3.05, 3.63) is 72.7 Å². The number of hydrogen-bond acceptors (Lipinski definition) is 7. The van der Waals surface area contributed by atoms with Gasteiger partial charge in [0, 0.05) is 56.7 Å². The Labute approximate surface area is 175 Å². The zero-order valence-electron chi connectivity index (χ0n) is 16.7. The van der Waals surface area contributed by atoms with E-state index in [1.165, 1.54) is 5.56 Å². The summed E-state index contributed by atoms with van der Waals surface area (Å²) in [4.78, 5) is 22.7. The molecule has 152 valence electrons. The van der Waals surface area contributed by atoms with Crippen LogP contribution in [0.25, 0.3) is 16.7 Å². The van der Waals surface area contributed by atoms with Gasteiger partial charge in [-0.3, -0.25) is 14.4 Å². The number of hydrogen-bond donors (Lipinski definition) is 1. The summed E-state index contributed by atoms with van der Waals surface area (Å²) in [5.74, 6) is 2.23. The van der Waals surface area contributed by atoms with E-state index in [9.17, 15) is 0 Å². The van der Waals surface area contributed by atoms with E-state index >= 15 is 0 Å². The smallest absolute Gasteiger partial charge is 0.145 e. The molecule has 4 heterocycles. The molecule has 4 aromatic rings. The molecule has 1 aliphatic heterocycles. The molecule has 30 heavy (non-hydrogen) atoms. The largest absolute Gasteiger partial charge is 0.383 e. The molecule has 0 radical (unpaired) electrons. The lowest BCUT2D eigenvalue weighted by molar-refractivity contribution is 0.120. The molecule has 5 rings (SSSR count). The number of imidazole rings is 1. The molecule has 0 aliphatic carbocycles. The van der Waals surface area contributed by atoms with Crippen molar-refractivity contribution in [1.82, 2.24) is 34.3 Å². The lowest BCUT2D eigenvalue weighted by Crippen LogP contribution is -2.45. The number of para-hydroxylation sites is 1. The maximum Gasteiger partial charge on any atom is 0.145 e. The number of fused-ring (bicyclic) bond motifs is 1. The molecule has 1 aliphatic rings. The fraction of sp³-hybridized carbons (Fsp3) is 0.273. The van der Waals surface area contributed by atoms with Crippen LogP contribution >= 0.6 is 0 Å². The number of nitrogens with zero attached hydrogens (tertiary/aromatic N) is 7. The third kappa shape index (κ3) is 4.00. The number of aromatic nitrogens is 5. The second-order valence-electron chi connectivity index (χ2n) is 7.59. The van der Waals surface area contributed by atoms with Gasteiger partial charge in [-0.2, -0.15) is 0 Å². The minimum atomic E-state index is 0.556. The molecular formula is C22H24N8. The zero-order valence-corrected chi connectivity index (χ0v) is 16.7. The highest BCUT2D eigenvalue weighted by molar-refractivity contribution is 5.87. The van der Waals surface area contributed by atoms with Gasteiger partial charge in [-0.1, -0.05) is 18.2 Å². The summed E-state index contributed by atoms with van der Waals surface area (Å²) in [5.41, 5.74) is 8.25. The van der Waals surface area contributed by atoms with Crippen LogP contribution in [0.2, 0.25) is 0 Å². The maximum absolute atomic E-state index is 6.12. The van der Waals surface area contributed by atoms with Crippen LogP contribution in [0.5, 0.6) is 0 Å². The minimum Gasteiger partial charge on any atom is -0.383 e. The van der Waals surface area contributed by atoms with Crippen LogP contribution in [0.4, 0.5) is 5.82 Å². The first-order valence-corrected chi connectivity index (χ1v) is 10.1. The maximum atomic E-state index is 6.12. The highest BCUT2D eigenvalue weighted by Gasteiger charge is 2.18. The number of rotatable bonds is 5. The molecule has 1 aromatic carbocycles. The predicted octanol–water partition coefficient (Wildman–Crippen LogP) is 2.11. The summed E-state index contributed by atoms with van der Waals surface area (Å²) >= 11 is 0. The molecule has 1 saturated heterocycles. The third-order valence-corrected chi connectivity index (χ3v) is 5.49. The fourth-order valence-electron chi connectivity index (χ4n) is 3.84. The molecule has 8 heteroatoms. The highest BCUT2D eigenvalue weighted by atomic mass is 15.3. The van der Waals surface area contributed by atoms with E-state index < -0.39 is 0 Å². The lowest BCUT2D eigenvalue weighted by Gasteiger charge is -2.34. The Morgan fingerprint density at radius 1 is 0.900 bits per heavy atom. The van der Waals surface area contributed by atoms with Crippen LogP contribution in [0, 0.1) is 0 Å². The molecular weight excluding hydrogens is 376 g/mol. The van der Waals surface area contributed by atoms with Gasteiger partial charge in [0.15, 0.2) is 0 Å². The van der Waals surface area contributed by atoms with E-state index in [1.54, 1.807) is 12.5 Å². The molecule has 2 N–H and O–H groups in total. The minimum absolute atomic E-state index is 0.556. The number of nitrogens with two attached hydrogens (primary N) is 1. The van der Waals surface area contributed by atoms with Crippen molar-refractivity contribution in [2.75, 3.05) is 31.9 Å². The average Bonchev–Trinajstić information content (AvgIpc) is 3.31. The van der Waals surface area contributed by atoms with Crippen molar-refractivity contribution in [1.29, 1.82) is 0 Å². The Bertz CT molecular complexity index is 1120. The topological polar surface area (TPSA) is 89.0 Å². The van der Waals surface area contributed by atoms with Crippen molar-refractivity contribution in [3.8, 4) is 5.82 Å². The summed E-state index contributed by atoms with van der Waals surface area (Å²) in [6, 6.07) is 12.1. The molecule has 0 unspecified atom stereocenters. The number of anilines is 1. The Morgan fingerprint density at radius 2 is 1.70 bits per heavy atom. The van der Waals surface area contributed by atoms with Crippen LogP contribution in [-0.4, -0.2) is 60.5 Å². The molecule has 0 spiro atoms. The van der Waals surface area contributed by atoms with Crippen molar-refractivity contribution < 1.29 is 0 Å². The van der Waals surface area contributed by atoms with Crippen LogP contribution in [-0.2, 0) is 13.1 Å². The standard InChI is InChI=1S/C22H24N8/c23-22-18-3-1-2-4-19(18)26-20(27-22)15-29-11-9-28(10-12-29)14-17-5-6-21(25-13-17)30-8-7-24-16-30/h1-8,13,16H,9-12,14-15H2,(H2,23,26,27). The van der Waals surface area contributed by atoms with E-state index in [0.29, 0.717) is 5.82 Å². The van der Waals surface area contributed by atoms with Gasteiger partial charge in [-0.05, 0) is 23.8 Å². The van der Waals surface area contributed by atoms with Gasteiger partial charge in [-0.25, -0.2) is 19.9 Å². The zero-order chi connectivity index (χ0) is 20.3. The third-order valence-electron chi connectivity index (χ3n) is 5.49. The van der Waals surface area contributed by atoms with E-state index in [4.69, 9.17) is 5.73 Å². The lowest BCUT2D eigenvalue weighted by atomic mass is 10.2. The quantitative estimate of drug-likeness (QED) is 0.549. The SMILES string of the molecule is Nc1nc(CN2CCN(Cc3ccc(-n4ccnc4)nc3)CC2)nc2ccccc12. The van der Waals surface area contributed by atoms with Crippen LogP contribution in [0.15, 0.2) is 61.3 Å². The summed E-state index contributed by atoms with van der Waals surface area (Å²) < 4.78 is 1.91. The number of benzene rings is 1. The average molecular weight is 400 g/mol. The van der Waals surface area contributed by atoms with Gasteiger partial charge in [-0.15, -0.1) is 0 Å². The second kappa shape index (κ2) is 8.17. The molecule has 0 bridgehead atoms. The summed E-state index contributed by atoms with van der Waals surface area (Å²) in [7, 11) is 0. The Hall–Kier alpha value is -3.36. The molecule has 0 saturated carbocycles. The first kappa shape index (κ1) is 18.7. The van der Waals surface area contributed by atoms with Gasteiger partial charge in [0.25, 0.3) is 0 Å². The monoisotopic (exact) mass is 400 g/mol. The van der Waals surface area contributed by atoms with E-state index in [1.807, 2.05) is 47.3 Å². The Balaban J connectivity index is 1.17. The van der Waals surface area contributed by atoms with Gasteiger partial charge in [0.05, 0.1) is 12.1 Å². The molecule has 8 nitrogen and oxygen atoms in total.